The Labute approximate surface area is 605 Å². The Bertz CT molecular complexity index is 2290. The SMILES string of the molecule is CC12CC3CC(CC(C3)C1)C2.CC1CC2CCC1C2.CC1CCC(C)(C)CC1.CC1CCC(C)CC1.CC1CCCC1.Cc1ccc(C)cc1.Cc1ccccc1.[2H]C1(C)CC2CCC1C2.[2H]C1(C)CCC(C)(C)CC1.[2H]C1(C)CCC(C)CC1.[2H]C1(C)CCCC1.[2H]C1(C)CCCCC1. The van der Waals surface area contributed by atoms with E-state index in [2.05, 4.69) is 154 Å². The maximum Gasteiger partial charge on any atom is 0.0303 e. The van der Waals surface area contributed by atoms with Gasteiger partial charge in [0.2, 0.25) is 0 Å². The monoisotopic (exact) mass is 1320 g/mol. The first-order valence-corrected chi connectivity index (χ1v) is 42.2. The van der Waals surface area contributed by atoms with Crippen molar-refractivity contribution in [1.29, 1.82) is 0 Å². The summed E-state index contributed by atoms with van der Waals surface area (Å²) < 4.78 is 38.5. The van der Waals surface area contributed by atoms with Crippen molar-refractivity contribution in [2.24, 2.45) is 123 Å². The lowest BCUT2D eigenvalue weighted by Crippen LogP contribution is -2.44. The van der Waals surface area contributed by atoms with Crippen molar-refractivity contribution in [3.05, 3.63) is 71.3 Å². The van der Waals surface area contributed by atoms with Crippen molar-refractivity contribution in [3.8, 4) is 0 Å². The smallest absolute Gasteiger partial charge is 0.0303 e. The van der Waals surface area contributed by atoms with Crippen LogP contribution >= 0.6 is 0 Å². The molecule has 0 heterocycles. The first-order valence-electron chi connectivity index (χ1n) is 44.7. The molecule has 0 saturated heterocycles. The van der Waals surface area contributed by atoms with Crippen molar-refractivity contribution in [1.82, 2.24) is 0 Å². The van der Waals surface area contributed by atoms with E-state index in [9.17, 15) is 0 Å². The molecule has 2 aromatic carbocycles. The molecule has 6 atom stereocenters. The molecule has 17 rings (SSSR count). The van der Waals surface area contributed by atoms with Crippen LogP contribution in [-0.2, 0) is 0 Å². The number of hydrogen-bond donors (Lipinski definition) is 0. The molecule has 0 aliphatic heterocycles. The number of benzene rings is 2. The molecular weight excluding hydrogens is 1140 g/mol. The van der Waals surface area contributed by atoms with Gasteiger partial charge in [0.25, 0.3) is 0 Å². The molecule has 0 N–H and O–H groups in total. The van der Waals surface area contributed by atoms with Gasteiger partial charge in [0, 0.05) is 6.85 Å². The zero-order chi connectivity index (χ0) is 74.0. The van der Waals surface area contributed by atoms with Crippen LogP contribution in [0.3, 0.4) is 0 Å². The summed E-state index contributed by atoms with van der Waals surface area (Å²) in [6.07, 6.45) is 58.9. The molecule has 0 aromatic heterocycles. The second kappa shape index (κ2) is 44.7. The molecule has 15 aliphatic rings. The minimum Gasteiger partial charge on any atom is -0.0625 e. The highest BCUT2D eigenvalue weighted by Gasteiger charge is 2.48. The van der Waals surface area contributed by atoms with Crippen LogP contribution in [0.1, 0.15) is 410 Å². The van der Waals surface area contributed by atoms with E-state index in [1.807, 2.05) is 32.0 Å². The molecule has 8 bridgehead atoms. The molecule has 0 amide bonds. The summed E-state index contributed by atoms with van der Waals surface area (Å²) >= 11 is 0. The summed E-state index contributed by atoms with van der Waals surface area (Å²) in [7, 11) is 0. The summed E-state index contributed by atoms with van der Waals surface area (Å²) in [6, 6.07) is 18.7. The van der Waals surface area contributed by atoms with Crippen LogP contribution in [0.2, 0.25) is 0 Å². The fraction of sp³-hybridized carbons (Fsp3) is 0.874. The summed E-state index contributed by atoms with van der Waals surface area (Å²) in [4.78, 5) is 0. The van der Waals surface area contributed by atoms with Gasteiger partial charge in [-0.2, -0.15) is 0 Å². The van der Waals surface area contributed by atoms with Gasteiger partial charge in [-0.25, -0.2) is 0 Å². The first kappa shape index (κ1) is 76.1. The van der Waals surface area contributed by atoms with E-state index < -0.39 is 0 Å². The van der Waals surface area contributed by atoms with Gasteiger partial charge in [-0.05, 0) is 246 Å². The van der Waals surface area contributed by atoms with Gasteiger partial charge < -0.3 is 0 Å². The molecule has 6 unspecified atom stereocenters. The Hall–Kier alpha value is -1.56. The summed E-state index contributed by atoms with van der Waals surface area (Å²) in [5.74, 6) is 13.1. The van der Waals surface area contributed by atoms with Crippen molar-refractivity contribution in [3.63, 3.8) is 0 Å². The van der Waals surface area contributed by atoms with Crippen LogP contribution in [0.4, 0.5) is 0 Å². The summed E-state index contributed by atoms with van der Waals surface area (Å²) in [5.41, 5.74) is 5.95. The molecular formula is C95H170. The van der Waals surface area contributed by atoms with Crippen molar-refractivity contribution in [2.75, 3.05) is 0 Å². The molecule has 95 heavy (non-hydrogen) atoms. The minimum atomic E-state index is -0.116. The molecule has 0 spiro atoms. The molecule has 2 aromatic rings. The van der Waals surface area contributed by atoms with Crippen molar-refractivity contribution < 1.29 is 6.85 Å². The zero-order valence-electron chi connectivity index (χ0n) is 72.6. The first-order chi connectivity index (χ1) is 46.7. The Morgan fingerprint density at radius 3 is 0.853 bits per heavy atom. The second-order valence-electron chi connectivity index (χ2n) is 38.7. The van der Waals surface area contributed by atoms with Crippen LogP contribution in [-0.4, -0.2) is 0 Å². The standard InChI is InChI=1S/C11H18.2C9H18.2C8H14.2C8H16.C8H10.C7H14.C7H8.2C6H12/c1-11-5-8-2-9(6-11)4-10(3-8)7-11;2*1-8-4-6-9(2,3)7-5-8;2*1-6-4-7-2-3-8(6)5-7;3*1-7-3-5-8(2)6-4-7;2*1-7-5-3-2-4-6-7;2*1-6-4-2-3-5-6/h8-10H,2-7H2,1H3;2*8H,4-7H2,1-3H3;2*6-8H,2-5H2,1H3;2*7-8H,3-6H2,1-2H3;3-6H,1-2H3;7H,2-6H2,1H3;2-6H,1H3;2*6H,2-5H2,1H3/i;8D;;6D;;7D;;;7D;;6D;. The van der Waals surface area contributed by atoms with E-state index in [1.54, 1.807) is 64.2 Å². The second-order valence-corrected chi connectivity index (χ2v) is 38.7. The fourth-order valence-corrected chi connectivity index (χ4v) is 19.5. The summed E-state index contributed by atoms with van der Waals surface area (Å²) in [5, 5.41) is 0. The topological polar surface area (TPSA) is 0 Å². The van der Waals surface area contributed by atoms with Crippen LogP contribution < -0.4 is 0 Å². The minimum absolute atomic E-state index is 0.0388. The van der Waals surface area contributed by atoms with E-state index in [1.165, 1.54) is 177 Å². The van der Waals surface area contributed by atoms with Gasteiger partial charge in [-0.1, -0.05) is 355 Å². The van der Waals surface area contributed by atoms with Crippen LogP contribution in [0.15, 0.2) is 54.6 Å². The molecule has 550 valence electrons. The number of aryl methyl sites for hydroxylation is 3. The molecule has 15 saturated carbocycles. The van der Waals surface area contributed by atoms with E-state index >= 15 is 0 Å². The molecule has 15 aliphatic carbocycles. The highest BCUT2D eigenvalue weighted by Crippen LogP contribution is 2.60. The lowest BCUT2D eigenvalue weighted by atomic mass is 9.50. The van der Waals surface area contributed by atoms with Gasteiger partial charge >= 0.3 is 0 Å². The normalized spacial score (nSPS) is 37.8. The van der Waals surface area contributed by atoms with E-state index in [4.69, 9.17) is 6.85 Å². The number of hydrogen-bond acceptors (Lipinski definition) is 0. The number of rotatable bonds is 0. The Kier molecular flexibility index (Phi) is 35.8. The van der Waals surface area contributed by atoms with Crippen LogP contribution in [0.25, 0.3) is 0 Å². The highest BCUT2D eigenvalue weighted by molar-refractivity contribution is 5.19. The third-order valence-corrected chi connectivity index (χ3v) is 26.8. The average molecular weight is 1320 g/mol. The molecule has 15 fully saturated rings. The molecule has 0 heteroatoms. The van der Waals surface area contributed by atoms with E-state index in [0.717, 1.165) is 134 Å². The molecule has 0 radical (unpaired) electrons. The van der Waals surface area contributed by atoms with Crippen molar-refractivity contribution >= 4 is 0 Å². The third kappa shape index (κ3) is 36.7. The average Bonchev–Trinajstić information content (AvgIpc) is 0.996. The lowest BCUT2D eigenvalue weighted by Gasteiger charge is -2.55. The third-order valence-electron chi connectivity index (χ3n) is 26.8. The Morgan fingerprint density at radius 2 is 0.611 bits per heavy atom. The van der Waals surface area contributed by atoms with Crippen molar-refractivity contribution in [2.45, 2.75) is 408 Å². The van der Waals surface area contributed by atoms with Gasteiger partial charge in [0.15, 0.2) is 0 Å². The number of fused-ring (bicyclic) bond motifs is 4. The predicted octanol–water partition coefficient (Wildman–Crippen LogP) is 31.5. The lowest BCUT2D eigenvalue weighted by molar-refractivity contribution is -0.0411. The highest BCUT2D eigenvalue weighted by atomic mass is 14.5. The summed E-state index contributed by atoms with van der Waals surface area (Å²) in [6.45, 7) is 42.7. The maximum absolute atomic E-state index is 7.87. The van der Waals surface area contributed by atoms with Gasteiger partial charge in [-0.3, -0.25) is 0 Å². The quantitative estimate of drug-likeness (QED) is 0.247. The van der Waals surface area contributed by atoms with Crippen LogP contribution in [0.5, 0.6) is 0 Å². The Morgan fingerprint density at radius 1 is 0.284 bits per heavy atom. The largest absolute Gasteiger partial charge is 0.0625 e. The van der Waals surface area contributed by atoms with Gasteiger partial charge in [-0.15, -0.1) is 0 Å². The van der Waals surface area contributed by atoms with Crippen LogP contribution in [0, 0.1) is 143 Å². The fourth-order valence-electron chi connectivity index (χ4n) is 19.5. The Balaban J connectivity index is 0.000000197. The zero-order valence-corrected chi connectivity index (χ0v) is 67.6. The van der Waals surface area contributed by atoms with Gasteiger partial charge in [0.1, 0.15) is 0 Å². The molecule has 0 nitrogen and oxygen atoms in total. The predicted molar refractivity (Wildman–Crippen MR) is 427 cm³/mol. The van der Waals surface area contributed by atoms with Gasteiger partial charge in [0.05, 0.1) is 0 Å². The van der Waals surface area contributed by atoms with E-state index in [-0.39, 0.29) is 29.5 Å². The van der Waals surface area contributed by atoms with E-state index in [0.29, 0.717) is 10.8 Å². The maximum atomic E-state index is 7.87.